The zero-order valence-corrected chi connectivity index (χ0v) is 25.1. The maximum Gasteiger partial charge on any atom is 0.301 e. The number of ether oxygens (including phenoxy) is 1. The van der Waals surface area contributed by atoms with Crippen LogP contribution in [-0.4, -0.2) is 34.1 Å². The number of ketones is 1. The number of hydrogen-bond donors (Lipinski definition) is 1. The van der Waals surface area contributed by atoms with Gasteiger partial charge in [0.1, 0.15) is 11.5 Å². The Morgan fingerprint density at radius 2 is 1.65 bits per heavy atom. The van der Waals surface area contributed by atoms with Gasteiger partial charge in [-0.1, -0.05) is 81.6 Å². The standard InChI is InChI=1S/C27H17Cl4N3O4S2/c1-38-17-7-3-13(4-8-17)23(35)21-22(18-9-6-16(29)11-20(18)31)34(25(37)24(21)36)26-32-33-27(40-26)39-12-14-2-5-15(28)10-19(14)30/h2-11,22,35H,12H2,1H3/b23-21-. The Bertz CT molecular complexity index is 1660. The molecule has 1 aliphatic rings. The number of Topliss-reactive ketones (excluding diaryl/α,β-unsaturated/α-hetero) is 1. The van der Waals surface area contributed by atoms with Crippen molar-refractivity contribution in [3.05, 3.63) is 103 Å². The second kappa shape index (κ2) is 12.0. The molecule has 2 heterocycles. The number of carbonyl (C=O) groups is 2. The Morgan fingerprint density at radius 3 is 2.30 bits per heavy atom. The van der Waals surface area contributed by atoms with Crippen molar-refractivity contribution in [3.63, 3.8) is 0 Å². The summed E-state index contributed by atoms with van der Waals surface area (Å²) < 4.78 is 5.72. The first-order valence-electron chi connectivity index (χ1n) is 11.5. The van der Waals surface area contributed by atoms with Crippen LogP contribution >= 0.6 is 69.5 Å². The third-order valence-electron chi connectivity index (χ3n) is 6.03. The first-order chi connectivity index (χ1) is 19.2. The van der Waals surface area contributed by atoms with Gasteiger partial charge in [0.25, 0.3) is 5.78 Å². The molecule has 40 heavy (non-hydrogen) atoms. The summed E-state index contributed by atoms with van der Waals surface area (Å²) in [7, 11) is 1.52. The van der Waals surface area contributed by atoms with Crippen molar-refractivity contribution in [2.24, 2.45) is 0 Å². The quantitative estimate of drug-likeness (QED) is 0.0709. The maximum atomic E-state index is 13.4. The lowest BCUT2D eigenvalue weighted by Crippen LogP contribution is -2.29. The van der Waals surface area contributed by atoms with Crippen LogP contribution < -0.4 is 9.64 Å². The minimum absolute atomic E-state index is 0.142. The molecule has 0 spiro atoms. The van der Waals surface area contributed by atoms with Gasteiger partial charge in [0, 0.05) is 31.4 Å². The van der Waals surface area contributed by atoms with E-state index in [0.29, 0.717) is 42.0 Å². The molecule has 5 rings (SSSR count). The highest BCUT2D eigenvalue weighted by atomic mass is 35.5. The number of thioether (sulfide) groups is 1. The van der Waals surface area contributed by atoms with Gasteiger partial charge < -0.3 is 9.84 Å². The van der Waals surface area contributed by atoms with E-state index in [9.17, 15) is 14.7 Å². The Kier molecular flexibility index (Phi) is 8.61. The number of hydrogen-bond acceptors (Lipinski definition) is 8. The average Bonchev–Trinajstić information content (AvgIpc) is 3.50. The van der Waals surface area contributed by atoms with Gasteiger partial charge in [-0.15, -0.1) is 10.2 Å². The van der Waals surface area contributed by atoms with E-state index in [1.54, 1.807) is 48.5 Å². The molecule has 0 aliphatic carbocycles. The van der Waals surface area contributed by atoms with E-state index in [0.717, 1.165) is 16.9 Å². The summed E-state index contributed by atoms with van der Waals surface area (Å²) in [5, 5.41) is 21.5. The molecular formula is C27H17Cl4N3O4S2. The fourth-order valence-corrected chi connectivity index (χ4v) is 7.03. The Labute approximate surface area is 257 Å². The maximum absolute atomic E-state index is 13.4. The number of nitrogens with zero attached hydrogens (tertiary/aromatic N) is 3. The third-order valence-corrected chi connectivity index (χ3v) is 9.29. The molecule has 7 nitrogen and oxygen atoms in total. The first kappa shape index (κ1) is 28.7. The van der Waals surface area contributed by atoms with E-state index in [1.165, 1.54) is 29.8 Å². The van der Waals surface area contributed by atoms with Crippen molar-refractivity contribution in [1.82, 2.24) is 10.2 Å². The van der Waals surface area contributed by atoms with Crippen molar-refractivity contribution in [2.75, 3.05) is 12.0 Å². The van der Waals surface area contributed by atoms with Crippen LogP contribution in [-0.2, 0) is 15.3 Å². The smallest absolute Gasteiger partial charge is 0.301 e. The fourth-order valence-electron chi connectivity index (χ4n) is 4.09. The lowest BCUT2D eigenvalue weighted by atomic mass is 9.95. The lowest BCUT2D eigenvalue weighted by molar-refractivity contribution is -0.132. The van der Waals surface area contributed by atoms with Crippen LogP contribution in [0.15, 0.2) is 70.6 Å². The number of aromatic nitrogens is 2. The van der Waals surface area contributed by atoms with Gasteiger partial charge in [0.05, 0.1) is 18.7 Å². The normalized spacial score (nSPS) is 16.5. The van der Waals surface area contributed by atoms with Crippen molar-refractivity contribution in [1.29, 1.82) is 0 Å². The Hall–Kier alpha value is -2.79. The molecule has 0 radical (unpaired) electrons. The molecule has 0 bridgehead atoms. The fraction of sp³-hybridized carbons (Fsp3) is 0.111. The molecule has 1 aromatic heterocycles. The highest BCUT2D eigenvalue weighted by molar-refractivity contribution is 8.00. The van der Waals surface area contributed by atoms with Crippen LogP contribution in [0.25, 0.3) is 5.76 Å². The summed E-state index contributed by atoms with van der Waals surface area (Å²) in [6.07, 6.45) is 0. The molecule has 1 aliphatic heterocycles. The Morgan fingerprint density at radius 1 is 0.975 bits per heavy atom. The number of methoxy groups -OCH3 is 1. The zero-order valence-electron chi connectivity index (χ0n) is 20.4. The molecule has 1 unspecified atom stereocenters. The number of amides is 1. The molecule has 1 amide bonds. The number of aliphatic hydroxyl groups excluding tert-OH is 1. The molecule has 1 saturated heterocycles. The van der Waals surface area contributed by atoms with E-state index in [4.69, 9.17) is 51.1 Å². The van der Waals surface area contributed by atoms with Gasteiger partial charge >= 0.3 is 5.91 Å². The predicted octanol–water partition coefficient (Wildman–Crippen LogP) is 8.08. The summed E-state index contributed by atoms with van der Waals surface area (Å²) in [4.78, 5) is 28.0. The molecule has 204 valence electrons. The van der Waals surface area contributed by atoms with Crippen LogP contribution in [0.4, 0.5) is 5.13 Å². The minimum atomic E-state index is -1.08. The molecule has 3 aromatic carbocycles. The topological polar surface area (TPSA) is 92.6 Å². The predicted molar refractivity (Wildman–Crippen MR) is 160 cm³/mol. The molecule has 1 fully saturated rings. The van der Waals surface area contributed by atoms with Crippen LogP contribution in [0.3, 0.4) is 0 Å². The third kappa shape index (κ3) is 5.68. The summed E-state index contributed by atoms with van der Waals surface area (Å²) in [5.74, 6) is -1.09. The van der Waals surface area contributed by atoms with Crippen LogP contribution in [0.5, 0.6) is 5.75 Å². The molecule has 1 N–H and O–H groups in total. The van der Waals surface area contributed by atoms with Gasteiger partial charge in [-0.25, -0.2) is 0 Å². The van der Waals surface area contributed by atoms with Gasteiger partial charge in [-0.05, 0) is 59.7 Å². The van der Waals surface area contributed by atoms with Gasteiger partial charge in [0.15, 0.2) is 4.34 Å². The first-order valence-corrected chi connectivity index (χ1v) is 14.8. The number of anilines is 1. The minimum Gasteiger partial charge on any atom is -0.507 e. The lowest BCUT2D eigenvalue weighted by Gasteiger charge is -2.23. The summed E-state index contributed by atoms with van der Waals surface area (Å²) >= 11 is 27.4. The number of aliphatic hydroxyl groups is 1. The van der Waals surface area contributed by atoms with Crippen LogP contribution in [0, 0.1) is 0 Å². The second-order valence-electron chi connectivity index (χ2n) is 8.44. The Balaban J connectivity index is 1.55. The van der Waals surface area contributed by atoms with Crippen molar-refractivity contribution >= 4 is 92.1 Å². The summed E-state index contributed by atoms with van der Waals surface area (Å²) in [6.45, 7) is 0. The highest BCUT2D eigenvalue weighted by Gasteiger charge is 2.49. The van der Waals surface area contributed by atoms with Gasteiger partial charge in [-0.3, -0.25) is 14.5 Å². The number of halogens is 4. The van der Waals surface area contributed by atoms with Crippen molar-refractivity contribution in [2.45, 2.75) is 16.1 Å². The van der Waals surface area contributed by atoms with E-state index in [-0.39, 0.29) is 21.5 Å². The van der Waals surface area contributed by atoms with E-state index in [2.05, 4.69) is 10.2 Å². The van der Waals surface area contributed by atoms with E-state index >= 15 is 0 Å². The monoisotopic (exact) mass is 651 g/mol. The average molecular weight is 653 g/mol. The van der Waals surface area contributed by atoms with Gasteiger partial charge in [-0.2, -0.15) is 0 Å². The van der Waals surface area contributed by atoms with Crippen LogP contribution in [0.2, 0.25) is 20.1 Å². The molecular weight excluding hydrogens is 636 g/mol. The highest BCUT2D eigenvalue weighted by Crippen LogP contribution is 2.46. The van der Waals surface area contributed by atoms with Gasteiger partial charge in [0.2, 0.25) is 5.13 Å². The van der Waals surface area contributed by atoms with E-state index in [1.807, 2.05) is 6.07 Å². The van der Waals surface area contributed by atoms with Crippen molar-refractivity contribution in [3.8, 4) is 5.75 Å². The molecule has 4 aromatic rings. The number of benzene rings is 3. The molecule has 1 atom stereocenters. The van der Waals surface area contributed by atoms with Crippen LogP contribution in [0.1, 0.15) is 22.7 Å². The largest absolute Gasteiger partial charge is 0.507 e. The summed E-state index contributed by atoms with van der Waals surface area (Å²) in [5.41, 5.74) is 1.41. The SMILES string of the molecule is COc1ccc(/C(O)=C2/C(=O)C(=O)N(c3nnc(SCc4ccc(Cl)cc4Cl)s3)C2c2ccc(Cl)cc2Cl)cc1. The van der Waals surface area contributed by atoms with E-state index < -0.39 is 17.7 Å². The molecule has 0 saturated carbocycles. The number of rotatable bonds is 7. The summed E-state index contributed by atoms with van der Waals surface area (Å²) in [6, 6.07) is 15.3. The van der Waals surface area contributed by atoms with Crippen molar-refractivity contribution < 1.29 is 19.4 Å². The zero-order chi connectivity index (χ0) is 28.6. The number of carbonyl (C=O) groups excluding carboxylic acids is 2. The molecule has 13 heteroatoms. The second-order valence-corrected chi connectivity index (χ2v) is 12.3.